The molecular weight excluding hydrogens is 393 g/mol. The lowest BCUT2D eigenvalue weighted by atomic mass is 9.76. The van der Waals surface area contributed by atoms with Crippen molar-refractivity contribution < 1.29 is 19.1 Å². The van der Waals surface area contributed by atoms with Gasteiger partial charge in [0.2, 0.25) is 0 Å². The summed E-state index contributed by atoms with van der Waals surface area (Å²) in [6.45, 7) is 4.79. The Bertz CT molecular complexity index is 712. The summed E-state index contributed by atoms with van der Waals surface area (Å²) in [4.78, 5) is 31.0. The summed E-state index contributed by atoms with van der Waals surface area (Å²) in [5.74, 6) is -0.537. The van der Waals surface area contributed by atoms with Crippen molar-refractivity contribution in [3.05, 3.63) is 28.0 Å². The summed E-state index contributed by atoms with van der Waals surface area (Å²) in [6.07, 6.45) is 0.0299. The van der Waals surface area contributed by atoms with E-state index in [1.54, 1.807) is 17.2 Å². The van der Waals surface area contributed by atoms with Crippen LogP contribution in [0.3, 0.4) is 0 Å². The fourth-order valence-corrected chi connectivity index (χ4v) is 4.11. The van der Waals surface area contributed by atoms with Gasteiger partial charge in [0.1, 0.15) is 6.17 Å². The number of fused-ring (bicyclic) bond motifs is 1. The Morgan fingerprint density at radius 1 is 1.48 bits per heavy atom. The standard InChI is InChI=1S/C17H21BrFN3O3/c1-17(2,12-7-22(16(24)25)8-13(12)19)9-21-4-3-14-11(15(21)23)5-10(18)6-20-14/h5-6,12-13H,3-4,7-9H2,1-2H3,(H,24,25)/t12-,13+/m0/s1. The van der Waals surface area contributed by atoms with Crippen molar-refractivity contribution in [3.63, 3.8) is 0 Å². The van der Waals surface area contributed by atoms with Crippen LogP contribution in [-0.2, 0) is 6.42 Å². The van der Waals surface area contributed by atoms with Gasteiger partial charge in [-0.05, 0) is 27.4 Å². The Morgan fingerprint density at radius 3 is 2.84 bits per heavy atom. The number of rotatable bonds is 3. The van der Waals surface area contributed by atoms with Gasteiger partial charge < -0.3 is 14.9 Å². The number of alkyl halides is 1. The first-order valence-corrected chi connectivity index (χ1v) is 9.04. The van der Waals surface area contributed by atoms with Crippen LogP contribution in [0.1, 0.15) is 29.9 Å². The van der Waals surface area contributed by atoms with Crippen LogP contribution in [-0.4, -0.2) is 64.2 Å². The average molecular weight is 414 g/mol. The van der Waals surface area contributed by atoms with Crippen LogP contribution in [0.4, 0.5) is 9.18 Å². The van der Waals surface area contributed by atoms with Gasteiger partial charge in [-0.15, -0.1) is 0 Å². The molecule has 1 fully saturated rings. The van der Waals surface area contributed by atoms with E-state index in [9.17, 15) is 14.0 Å². The second-order valence-corrected chi connectivity index (χ2v) is 8.34. The molecular formula is C17H21BrFN3O3. The summed E-state index contributed by atoms with van der Waals surface area (Å²) >= 11 is 3.34. The molecule has 0 aliphatic carbocycles. The number of carbonyl (C=O) groups is 2. The first-order valence-electron chi connectivity index (χ1n) is 8.24. The second kappa shape index (κ2) is 6.55. The lowest BCUT2D eigenvalue weighted by Crippen LogP contribution is -2.47. The van der Waals surface area contributed by atoms with E-state index >= 15 is 0 Å². The molecule has 8 heteroatoms. The topological polar surface area (TPSA) is 73.7 Å². The van der Waals surface area contributed by atoms with E-state index in [4.69, 9.17) is 5.11 Å². The van der Waals surface area contributed by atoms with Crippen LogP contribution in [0.15, 0.2) is 16.7 Å². The van der Waals surface area contributed by atoms with Crippen molar-refractivity contribution in [3.8, 4) is 0 Å². The minimum absolute atomic E-state index is 0.100. The van der Waals surface area contributed by atoms with Gasteiger partial charge in [-0.1, -0.05) is 13.8 Å². The largest absolute Gasteiger partial charge is 0.465 e. The molecule has 0 saturated carbocycles. The smallest absolute Gasteiger partial charge is 0.407 e. The highest BCUT2D eigenvalue weighted by Gasteiger charge is 2.45. The minimum Gasteiger partial charge on any atom is -0.465 e. The molecule has 3 rings (SSSR count). The average Bonchev–Trinajstić information content (AvgIpc) is 2.94. The van der Waals surface area contributed by atoms with E-state index in [1.807, 2.05) is 13.8 Å². The summed E-state index contributed by atoms with van der Waals surface area (Å²) in [6, 6.07) is 1.77. The summed E-state index contributed by atoms with van der Waals surface area (Å²) in [7, 11) is 0. The van der Waals surface area contributed by atoms with E-state index in [0.717, 1.165) is 15.1 Å². The maximum absolute atomic E-state index is 14.4. The normalized spacial score (nSPS) is 23.8. The van der Waals surface area contributed by atoms with Crippen molar-refractivity contribution in [1.82, 2.24) is 14.8 Å². The summed E-state index contributed by atoms with van der Waals surface area (Å²) in [5, 5.41) is 9.10. The molecule has 2 atom stereocenters. The second-order valence-electron chi connectivity index (χ2n) is 7.42. The molecule has 2 aliphatic heterocycles. The number of aromatic nitrogens is 1. The Labute approximate surface area is 154 Å². The van der Waals surface area contributed by atoms with Crippen molar-refractivity contribution in [2.45, 2.75) is 26.4 Å². The fourth-order valence-electron chi connectivity index (χ4n) is 3.78. The van der Waals surface area contributed by atoms with Crippen LogP contribution in [0.5, 0.6) is 0 Å². The molecule has 25 heavy (non-hydrogen) atoms. The maximum atomic E-state index is 14.4. The van der Waals surface area contributed by atoms with Gasteiger partial charge in [0.15, 0.2) is 0 Å². The third-order valence-corrected chi connectivity index (χ3v) is 5.63. The lowest BCUT2D eigenvalue weighted by molar-refractivity contribution is 0.0525. The van der Waals surface area contributed by atoms with Gasteiger partial charge in [-0.25, -0.2) is 9.18 Å². The van der Waals surface area contributed by atoms with E-state index in [-0.39, 0.29) is 19.0 Å². The molecule has 0 unspecified atom stereocenters. The highest BCUT2D eigenvalue weighted by atomic mass is 79.9. The zero-order valence-electron chi connectivity index (χ0n) is 14.2. The third-order valence-electron chi connectivity index (χ3n) is 5.19. The SMILES string of the molecule is CC(C)(CN1CCc2ncc(Br)cc2C1=O)[C@H]1CN(C(=O)O)C[C@H]1F. The number of likely N-dealkylation sites (tertiary alicyclic amines) is 1. The fraction of sp³-hybridized carbons (Fsp3) is 0.588. The van der Waals surface area contributed by atoms with Crippen molar-refractivity contribution >= 4 is 27.9 Å². The quantitative estimate of drug-likeness (QED) is 0.826. The first-order chi connectivity index (χ1) is 11.7. The number of amides is 2. The van der Waals surface area contributed by atoms with Crippen LogP contribution >= 0.6 is 15.9 Å². The van der Waals surface area contributed by atoms with E-state index in [1.165, 1.54) is 0 Å². The molecule has 1 aromatic heterocycles. The van der Waals surface area contributed by atoms with Crippen molar-refractivity contribution in [2.24, 2.45) is 11.3 Å². The van der Waals surface area contributed by atoms with Gasteiger partial charge in [0, 0.05) is 42.6 Å². The number of carboxylic acid groups (broad SMARTS) is 1. The molecule has 6 nitrogen and oxygen atoms in total. The van der Waals surface area contributed by atoms with Crippen molar-refractivity contribution in [2.75, 3.05) is 26.2 Å². The van der Waals surface area contributed by atoms with Gasteiger partial charge in [-0.2, -0.15) is 0 Å². The van der Waals surface area contributed by atoms with Crippen LogP contribution in [0.25, 0.3) is 0 Å². The lowest BCUT2D eigenvalue weighted by Gasteiger charge is -2.39. The van der Waals surface area contributed by atoms with Crippen LogP contribution < -0.4 is 0 Å². The highest BCUT2D eigenvalue weighted by molar-refractivity contribution is 9.10. The molecule has 0 bridgehead atoms. The zero-order chi connectivity index (χ0) is 18.4. The molecule has 3 heterocycles. The Kier molecular flexibility index (Phi) is 4.74. The Hall–Kier alpha value is -1.70. The Morgan fingerprint density at radius 2 is 2.20 bits per heavy atom. The van der Waals surface area contributed by atoms with Gasteiger partial charge in [0.05, 0.1) is 17.8 Å². The molecule has 0 aromatic carbocycles. The van der Waals surface area contributed by atoms with E-state index < -0.39 is 23.6 Å². The predicted molar refractivity (Wildman–Crippen MR) is 93.3 cm³/mol. The molecule has 2 amide bonds. The molecule has 2 aliphatic rings. The van der Waals surface area contributed by atoms with Crippen molar-refractivity contribution in [1.29, 1.82) is 0 Å². The summed E-state index contributed by atoms with van der Waals surface area (Å²) < 4.78 is 15.2. The molecule has 0 radical (unpaired) electrons. The number of hydrogen-bond donors (Lipinski definition) is 1. The first kappa shape index (κ1) is 18.1. The summed E-state index contributed by atoms with van der Waals surface area (Å²) in [5.41, 5.74) is 0.825. The van der Waals surface area contributed by atoms with Gasteiger partial charge >= 0.3 is 6.09 Å². The minimum atomic E-state index is -1.21. The van der Waals surface area contributed by atoms with Gasteiger partial charge in [-0.3, -0.25) is 9.78 Å². The molecule has 1 aromatic rings. The number of hydrogen-bond acceptors (Lipinski definition) is 3. The molecule has 136 valence electrons. The number of nitrogens with zero attached hydrogens (tertiary/aromatic N) is 3. The monoisotopic (exact) mass is 413 g/mol. The van der Waals surface area contributed by atoms with Gasteiger partial charge in [0.25, 0.3) is 5.91 Å². The predicted octanol–water partition coefficient (Wildman–Crippen LogP) is 2.82. The van der Waals surface area contributed by atoms with E-state index in [2.05, 4.69) is 20.9 Å². The molecule has 1 saturated heterocycles. The molecule has 1 N–H and O–H groups in total. The number of pyridine rings is 1. The molecule has 0 spiro atoms. The van der Waals surface area contributed by atoms with Crippen LogP contribution in [0, 0.1) is 11.3 Å². The maximum Gasteiger partial charge on any atom is 0.407 e. The van der Waals surface area contributed by atoms with Crippen LogP contribution in [0.2, 0.25) is 0 Å². The third kappa shape index (κ3) is 3.49. The zero-order valence-corrected chi connectivity index (χ0v) is 15.8. The number of halogens is 2. The van der Waals surface area contributed by atoms with E-state index in [0.29, 0.717) is 25.1 Å². The number of carbonyl (C=O) groups excluding carboxylic acids is 1. The highest BCUT2D eigenvalue weighted by Crippen LogP contribution is 2.37. The Balaban J connectivity index is 1.75.